The minimum Gasteiger partial charge on any atom is -0.341 e. The molecule has 0 amide bonds. The summed E-state index contributed by atoms with van der Waals surface area (Å²) < 4.78 is 28.3. The predicted molar refractivity (Wildman–Crippen MR) is 138 cm³/mol. The van der Waals surface area contributed by atoms with Gasteiger partial charge in [-0.25, -0.2) is 9.97 Å². The average Bonchev–Trinajstić information content (AvgIpc) is 3.42. The summed E-state index contributed by atoms with van der Waals surface area (Å²) in [5, 5.41) is 7.37. The Morgan fingerprint density at radius 1 is 0.946 bits per heavy atom. The third-order valence-electron chi connectivity index (χ3n) is 8.68. The van der Waals surface area contributed by atoms with E-state index in [0.29, 0.717) is 18.3 Å². The highest BCUT2D eigenvalue weighted by Gasteiger charge is 2.77. The summed E-state index contributed by atoms with van der Waals surface area (Å²) in [6.45, 7) is 0.892. The lowest BCUT2D eigenvalue weighted by atomic mass is 9.99. The number of nitrogens with two attached hydrogens (primary N) is 1. The van der Waals surface area contributed by atoms with E-state index in [1.165, 1.54) is 6.42 Å². The van der Waals surface area contributed by atoms with Crippen LogP contribution in [0.15, 0.2) is 60.8 Å². The van der Waals surface area contributed by atoms with Crippen molar-refractivity contribution in [3.8, 4) is 22.4 Å². The largest absolute Gasteiger partial charge is 0.341 e. The molecule has 1 saturated carbocycles. The number of H-pyrrole nitrogens is 2. The Bertz CT molecular complexity index is 1660. The number of fused-ring (bicyclic) bond motifs is 4. The van der Waals surface area contributed by atoms with E-state index >= 15 is 0 Å². The Balaban J connectivity index is 1.09. The first-order valence-electron chi connectivity index (χ1n) is 13.0. The molecule has 3 aliphatic rings. The van der Waals surface area contributed by atoms with E-state index in [-0.39, 0.29) is 6.54 Å². The number of aromatic amines is 2. The Morgan fingerprint density at radius 3 is 2.54 bits per heavy atom. The lowest BCUT2D eigenvalue weighted by Crippen LogP contribution is -2.89. The molecule has 2 aromatic heterocycles. The number of piperidine rings is 1. The smallest absolute Gasteiger partial charge is 0.304 e. The molecule has 186 valence electrons. The normalized spacial score (nSPS) is 26.2. The monoisotopic (exact) mass is 497 g/mol. The van der Waals surface area contributed by atoms with Crippen LogP contribution in [0.5, 0.6) is 0 Å². The lowest BCUT2D eigenvalue weighted by Gasteiger charge is -2.07. The van der Waals surface area contributed by atoms with Crippen molar-refractivity contribution in [2.45, 2.75) is 36.8 Å². The number of halogens is 2. The summed E-state index contributed by atoms with van der Waals surface area (Å²) in [5.41, 5.74) is 5.56. The van der Waals surface area contributed by atoms with Gasteiger partial charge in [-0.3, -0.25) is 0 Å². The van der Waals surface area contributed by atoms with Crippen LogP contribution in [-0.2, 0) is 5.54 Å². The fraction of sp³-hybridized carbons (Fsp3) is 0.310. The van der Waals surface area contributed by atoms with Crippen molar-refractivity contribution >= 4 is 21.8 Å². The summed E-state index contributed by atoms with van der Waals surface area (Å²) in [6, 6.07) is 19.3. The molecule has 2 aliphatic heterocycles. The van der Waals surface area contributed by atoms with E-state index in [9.17, 15) is 8.78 Å². The zero-order chi connectivity index (χ0) is 24.8. The Labute approximate surface area is 211 Å². The second kappa shape index (κ2) is 7.46. The highest BCUT2D eigenvalue weighted by molar-refractivity contribution is 6.05. The van der Waals surface area contributed by atoms with Crippen LogP contribution in [0.25, 0.3) is 44.2 Å². The number of benzene rings is 3. The zero-order valence-corrected chi connectivity index (χ0v) is 20.2. The number of quaternary nitrogens is 1. The number of hydrogen-bond donors (Lipinski definition) is 4. The SMILES string of the molecule is FC1(F)C[NH2+]C2(c3nc4c(ccc5cc(-c6ccc(-c7cnc(C8CCCN8)[nH]7)cc6)ccc54)[nH]3)CC12. The van der Waals surface area contributed by atoms with Gasteiger partial charge in [-0.1, -0.05) is 42.5 Å². The maximum atomic E-state index is 14.1. The maximum Gasteiger partial charge on any atom is 0.304 e. The summed E-state index contributed by atoms with van der Waals surface area (Å²) in [6.07, 6.45) is 4.70. The molecule has 3 fully saturated rings. The molecule has 8 heteroatoms. The second-order valence-electron chi connectivity index (χ2n) is 10.9. The van der Waals surface area contributed by atoms with Crippen molar-refractivity contribution < 1.29 is 14.1 Å². The van der Waals surface area contributed by atoms with E-state index in [0.717, 1.165) is 63.0 Å². The molecule has 0 bridgehead atoms. The minimum absolute atomic E-state index is 0.156. The molecular weight excluding hydrogens is 470 g/mol. The fourth-order valence-electron chi connectivity index (χ4n) is 6.47. The number of aromatic nitrogens is 4. The first-order chi connectivity index (χ1) is 18.0. The molecule has 8 rings (SSSR count). The molecule has 3 aromatic carbocycles. The summed E-state index contributed by atoms with van der Waals surface area (Å²) >= 11 is 0. The molecule has 6 nitrogen and oxygen atoms in total. The van der Waals surface area contributed by atoms with Gasteiger partial charge in [-0.15, -0.1) is 0 Å². The van der Waals surface area contributed by atoms with Crippen LogP contribution in [0.4, 0.5) is 8.78 Å². The van der Waals surface area contributed by atoms with Crippen LogP contribution in [0, 0.1) is 5.92 Å². The molecule has 2 saturated heterocycles. The molecular formula is C29H27F2N6+. The van der Waals surface area contributed by atoms with Gasteiger partial charge in [0.2, 0.25) is 0 Å². The molecule has 0 radical (unpaired) electrons. The van der Waals surface area contributed by atoms with Crippen LogP contribution in [0.1, 0.15) is 37.0 Å². The van der Waals surface area contributed by atoms with Crippen LogP contribution in [0.3, 0.4) is 0 Å². The van der Waals surface area contributed by atoms with Gasteiger partial charge >= 0.3 is 5.92 Å². The van der Waals surface area contributed by atoms with Crippen molar-refractivity contribution in [1.82, 2.24) is 25.3 Å². The van der Waals surface area contributed by atoms with Gasteiger partial charge < -0.3 is 20.6 Å². The van der Waals surface area contributed by atoms with Crippen molar-refractivity contribution in [3.05, 3.63) is 72.4 Å². The van der Waals surface area contributed by atoms with E-state index in [4.69, 9.17) is 4.98 Å². The van der Waals surface area contributed by atoms with Crippen LogP contribution >= 0.6 is 0 Å². The number of nitrogens with one attached hydrogen (secondary N) is 3. The maximum absolute atomic E-state index is 14.1. The zero-order valence-electron chi connectivity index (χ0n) is 20.2. The number of alkyl halides is 2. The molecule has 4 heterocycles. The van der Waals surface area contributed by atoms with Crippen molar-refractivity contribution in [1.29, 1.82) is 0 Å². The van der Waals surface area contributed by atoms with E-state index < -0.39 is 17.4 Å². The lowest BCUT2D eigenvalue weighted by molar-refractivity contribution is -0.705. The van der Waals surface area contributed by atoms with E-state index in [2.05, 4.69) is 68.8 Å². The molecule has 37 heavy (non-hydrogen) atoms. The molecule has 5 aromatic rings. The van der Waals surface area contributed by atoms with Gasteiger partial charge in [0.05, 0.1) is 34.9 Å². The van der Waals surface area contributed by atoms with Gasteiger partial charge in [0.25, 0.3) is 0 Å². The molecule has 0 spiro atoms. The Hall–Kier alpha value is -3.62. The second-order valence-corrected chi connectivity index (χ2v) is 10.9. The topological polar surface area (TPSA) is 86.0 Å². The Kier molecular flexibility index (Phi) is 4.33. The molecule has 5 N–H and O–H groups in total. The Morgan fingerprint density at radius 2 is 1.78 bits per heavy atom. The average molecular weight is 498 g/mol. The third-order valence-corrected chi connectivity index (χ3v) is 8.68. The van der Waals surface area contributed by atoms with Crippen LogP contribution in [-0.4, -0.2) is 38.9 Å². The number of imidazole rings is 2. The standard InChI is InChI=1S/C29H26F2N6/c30-29(31)15-34-28(13-24(28)29)27-36-21-10-8-19-12-18(7-9-20(19)25(21)37-27)16-3-5-17(6-4-16)23-14-33-26(35-23)22-2-1-11-32-22/h3-10,12,14,22,24,32,34H,1-2,11,13,15H2,(H,33,35)(H,36,37)/p+1. The highest BCUT2D eigenvalue weighted by atomic mass is 19.3. The quantitative estimate of drug-likeness (QED) is 0.292. The van der Waals surface area contributed by atoms with Gasteiger partial charge in [0.15, 0.2) is 11.4 Å². The summed E-state index contributed by atoms with van der Waals surface area (Å²) in [4.78, 5) is 16.3. The van der Waals surface area contributed by atoms with Crippen LogP contribution < -0.4 is 10.6 Å². The molecule has 1 aliphatic carbocycles. The van der Waals surface area contributed by atoms with Crippen LogP contribution in [0.2, 0.25) is 0 Å². The summed E-state index contributed by atoms with van der Waals surface area (Å²) in [7, 11) is 0. The minimum atomic E-state index is -2.61. The van der Waals surface area contributed by atoms with E-state index in [1.54, 1.807) is 5.32 Å². The summed E-state index contributed by atoms with van der Waals surface area (Å²) in [5.74, 6) is -1.54. The van der Waals surface area contributed by atoms with Gasteiger partial charge in [0.1, 0.15) is 12.4 Å². The van der Waals surface area contributed by atoms with Gasteiger partial charge in [0, 0.05) is 11.8 Å². The first kappa shape index (κ1) is 21.5. The molecule has 3 atom stereocenters. The highest BCUT2D eigenvalue weighted by Crippen LogP contribution is 2.58. The number of rotatable bonds is 4. The first-order valence-corrected chi connectivity index (χ1v) is 13.0. The third kappa shape index (κ3) is 3.22. The van der Waals surface area contributed by atoms with Crippen molar-refractivity contribution in [2.75, 3.05) is 13.1 Å². The number of nitrogens with zero attached hydrogens (tertiary/aromatic N) is 2. The van der Waals surface area contributed by atoms with Crippen molar-refractivity contribution in [2.24, 2.45) is 5.92 Å². The number of hydrogen-bond acceptors (Lipinski definition) is 3. The van der Waals surface area contributed by atoms with Gasteiger partial charge in [-0.2, -0.15) is 8.78 Å². The van der Waals surface area contributed by atoms with Gasteiger partial charge in [-0.05, 0) is 53.6 Å². The van der Waals surface area contributed by atoms with Crippen molar-refractivity contribution in [3.63, 3.8) is 0 Å². The predicted octanol–water partition coefficient (Wildman–Crippen LogP) is 4.63. The molecule has 3 unspecified atom stereocenters. The fourth-order valence-corrected chi connectivity index (χ4v) is 6.47. The van der Waals surface area contributed by atoms with E-state index in [1.807, 2.05) is 12.3 Å².